The van der Waals surface area contributed by atoms with E-state index in [1.165, 1.54) is 0 Å². The number of ether oxygens (including phenoxy) is 1. The zero-order chi connectivity index (χ0) is 13.1. The Hall–Kier alpha value is -1.44. The number of hydrogen-bond acceptors (Lipinski definition) is 2. The minimum Gasteiger partial charge on any atom is -0.380 e. The van der Waals surface area contributed by atoms with Gasteiger partial charge < -0.3 is 5.32 Å². The maximum Gasteiger partial charge on any atom is 0.522 e. The van der Waals surface area contributed by atoms with Gasteiger partial charge in [-0.15, -0.1) is 13.2 Å². The molecule has 0 aliphatic carbocycles. The minimum absolute atomic E-state index is 0.326. The van der Waals surface area contributed by atoms with Gasteiger partial charge in [0, 0.05) is 18.7 Å². The predicted octanol–water partition coefficient (Wildman–Crippen LogP) is 3.05. The van der Waals surface area contributed by atoms with Crippen molar-refractivity contribution in [3.8, 4) is 0 Å². The highest BCUT2D eigenvalue weighted by Gasteiger charge is 2.28. The van der Waals surface area contributed by atoms with E-state index in [2.05, 4.69) is 10.1 Å². The Morgan fingerprint density at radius 1 is 1.12 bits per heavy atom. The number of benzene rings is 1. The summed E-state index contributed by atoms with van der Waals surface area (Å²) in [6.45, 7) is -1.25. The second kappa shape index (κ2) is 5.26. The van der Waals surface area contributed by atoms with Gasteiger partial charge in [0.25, 0.3) is 0 Å². The Balaban J connectivity index is 2.52. The fourth-order valence-corrected chi connectivity index (χ4v) is 1.04. The van der Waals surface area contributed by atoms with E-state index in [0.717, 1.165) is 0 Å². The van der Waals surface area contributed by atoms with Crippen molar-refractivity contribution in [1.29, 1.82) is 0 Å². The zero-order valence-electron chi connectivity index (χ0n) is 8.24. The van der Waals surface area contributed by atoms with Crippen molar-refractivity contribution < 1.29 is 31.1 Å². The number of halogens is 6. The molecule has 0 atom stereocenters. The van der Waals surface area contributed by atoms with Crippen molar-refractivity contribution in [3.05, 3.63) is 29.6 Å². The van der Waals surface area contributed by atoms with Crippen LogP contribution in [0.4, 0.5) is 32.0 Å². The summed E-state index contributed by atoms with van der Waals surface area (Å²) in [6.07, 6.45) is -4.80. The van der Waals surface area contributed by atoms with Crippen LogP contribution in [0.1, 0.15) is 0 Å². The van der Waals surface area contributed by atoms with Crippen LogP contribution < -0.4 is 5.32 Å². The van der Waals surface area contributed by atoms with Crippen LogP contribution in [0.15, 0.2) is 12.1 Å². The van der Waals surface area contributed by atoms with E-state index in [4.69, 9.17) is 0 Å². The molecule has 1 aromatic rings. The van der Waals surface area contributed by atoms with E-state index in [1.54, 1.807) is 0 Å². The summed E-state index contributed by atoms with van der Waals surface area (Å²) in [5, 5.41) is 2.09. The lowest BCUT2D eigenvalue weighted by atomic mass is 10.3. The molecule has 0 radical (unpaired) electrons. The van der Waals surface area contributed by atoms with Crippen molar-refractivity contribution >= 4 is 5.69 Å². The normalized spacial score (nSPS) is 11.6. The second-order valence-corrected chi connectivity index (χ2v) is 2.97. The molecule has 8 heteroatoms. The van der Waals surface area contributed by atoms with Crippen LogP contribution in [0.3, 0.4) is 0 Å². The summed E-state index contributed by atoms with van der Waals surface area (Å²) in [7, 11) is 0. The van der Waals surface area contributed by atoms with E-state index in [1.807, 2.05) is 0 Å². The molecule has 17 heavy (non-hydrogen) atoms. The van der Waals surface area contributed by atoms with Gasteiger partial charge in [0.2, 0.25) is 0 Å². The molecule has 0 aliphatic rings. The van der Waals surface area contributed by atoms with Crippen LogP contribution in [-0.4, -0.2) is 19.5 Å². The average molecular weight is 259 g/mol. The van der Waals surface area contributed by atoms with Crippen LogP contribution in [0, 0.1) is 17.5 Å². The van der Waals surface area contributed by atoms with Gasteiger partial charge in [-0.3, -0.25) is 4.74 Å². The number of anilines is 1. The van der Waals surface area contributed by atoms with E-state index < -0.39 is 42.7 Å². The van der Waals surface area contributed by atoms with Gasteiger partial charge >= 0.3 is 6.36 Å². The fraction of sp³-hybridized carbons (Fsp3) is 0.333. The van der Waals surface area contributed by atoms with Crippen molar-refractivity contribution in [2.75, 3.05) is 18.5 Å². The second-order valence-electron chi connectivity index (χ2n) is 2.97. The maximum atomic E-state index is 13.0. The van der Waals surface area contributed by atoms with Gasteiger partial charge in [-0.05, 0) is 0 Å². The third-order valence-electron chi connectivity index (χ3n) is 1.68. The molecule has 1 aromatic carbocycles. The van der Waals surface area contributed by atoms with Crippen molar-refractivity contribution in [3.63, 3.8) is 0 Å². The summed E-state index contributed by atoms with van der Waals surface area (Å²) in [6, 6.07) is 0.957. The maximum absolute atomic E-state index is 13.0. The first-order valence-electron chi connectivity index (χ1n) is 4.38. The molecule has 0 amide bonds. The first-order valence-corrected chi connectivity index (χ1v) is 4.38. The number of rotatable bonds is 4. The average Bonchev–Trinajstić information content (AvgIpc) is 2.18. The summed E-state index contributed by atoms with van der Waals surface area (Å²) in [5.41, 5.74) is -0.562. The monoisotopic (exact) mass is 259 g/mol. The van der Waals surface area contributed by atoms with Crippen LogP contribution in [0.25, 0.3) is 0 Å². The quantitative estimate of drug-likeness (QED) is 0.509. The Morgan fingerprint density at radius 2 is 1.76 bits per heavy atom. The molecule has 0 spiro atoms. The van der Waals surface area contributed by atoms with Crippen molar-refractivity contribution in [1.82, 2.24) is 0 Å². The highest BCUT2D eigenvalue weighted by Crippen LogP contribution is 2.19. The number of hydrogen-bond donors (Lipinski definition) is 1. The van der Waals surface area contributed by atoms with Crippen molar-refractivity contribution in [2.45, 2.75) is 6.36 Å². The lowest BCUT2D eigenvalue weighted by Gasteiger charge is -2.10. The minimum atomic E-state index is -4.80. The van der Waals surface area contributed by atoms with Crippen LogP contribution in [-0.2, 0) is 4.74 Å². The summed E-state index contributed by atoms with van der Waals surface area (Å²) in [5.74, 6) is -3.83. The molecule has 0 aromatic heterocycles. The Kier molecular flexibility index (Phi) is 4.22. The van der Waals surface area contributed by atoms with Gasteiger partial charge in [0.05, 0.1) is 12.3 Å². The largest absolute Gasteiger partial charge is 0.522 e. The molecule has 0 heterocycles. The molecule has 2 nitrogen and oxygen atoms in total. The molecule has 1 N–H and O–H groups in total. The Morgan fingerprint density at radius 3 is 2.35 bits per heavy atom. The molecule has 0 aliphatic heterocycles. The summed E-state index contributed by atoms with van der Waals surface area (Å²) < 4.78 is 76.3. The van der Waals surface area contributed by atoms with Gasteiger partial charge in [-0.1, -0.05) is 0 Å². The van der Waals surface area contributed by atoms with E-state index in [-0.39, 0.29) is 0 Å². The molecule has 96 valence electrons. The summed E-state index contributed by atoms with van der Waals surface area (Å²) in [4.78, 5) is 0. The van der Waals surface area contributed by atoms with E-state index >= 15 is 0 Å². The number of alkyl halides is 3. The molecule has 0 saturated heterocycles. The first-order chi connectivity index (χ1) is 7.79. The Bertz CT molecular complexity index is 392. The third-order valence-corrected chi connectivity index (χ3v) is 1.68. The van der Waals surface area contributed by atoms with Gasteiger partial charge in [-0.2, -0.15) is 0 Å². The molecule has 0 fully saturated rings. The fourth-order valence-electron chi connectivity index (χ4n) is 1.04. The smallest absolute Gasteiger partial charge is 0.380 e. The lowest BCUT2D eigenvalue weighted by molar-refractivity contribution is -0.322. The molecular weight excluding hydrogens is 252 g/mol. The van der Waals surface area contributed by atoms with Crippen molar-refractivity contribution in [2.24, 2.45) is 0 Å². The highest BCUT2D eigenvalue weighted by atomic mass is 19.4. The first kappa shape index (κ1) is 13.6. The molecule has 0 saturated carbocycles. The molecular formula is C9H7F6NO. The molecule has 1 rings (SSSR count). The standard InChI is InChI=1S/C9H7F6NO/c10-5-3-6(11)8(12)7(4-5)16-1-2-17-9(13,14)15/h3-4,16H,1-2H2. The predicted molar refractivity (Wildman–Crippen MR) is 46.8 cm³/mol. The van der Waals surface area contributed by atoms with Gasteiger partial charge in [-0.25, -0.2) is 13.2 Å². The van der Waals surface area contributed by atoms with Crippen LogP contribution in [0.5, 0.6) is 0 Å². The SMILES string of the molecule is Fc1cc(F)c(F)c(NCCOC(F)(F)F)c1. The van der Waals surface area contributed by atoms with Crippen LogP contribution >= 0.6 is 0 Å². The molecule has 0 unspecified atom stereocenters. The van der Waals surface area contributed by atoms with E-state index in [0.29, 0.717) is 12.1 Å². The number of nitrogens with one attached hydrogen (secondary N) is 1. The Labute approximate surface area is 92.2 Å². The lowest BCUT2D eigenvalue weighted by Crippen LogP contribution is -2.19. The third kappa shape index (κ3) is 4.51. The topological polar surface area (TPSA) is 21.3 Å². The van der Waals surface area contributed by atoms with Gasteiger partial charge in [0.1, 0.15) is 5.82 Å². The molecule has 0 bridgehead atoms. The van der Waals surface area contributed by atoms with Gasteiger partial charge in [0.15, 0.2) is 11.6 Å². The zero-order valence-corrected chi connectivity index (χ0v) is 8.24. The van der Waals surface area contributed by atoms with Crippen LogP contribution in [0.2, 0.25) is 0 Å². The van der Waals surface area contributed by atoms with E-state index in [9.17, 15) is 26.3 Å². The highest BCUT2D eigenvalue weighted by molar-refractivity contribution is 5.45. The summed E-state index contributed by atoms with van der Waals surface area (Å²) >= 11 is 0.